The number of alkyl halides is 3. The van der Waals surface area contributed by atoms with Crippen molar-refractivity contribution >= 4 is 21.8 Å². The van der Waals surface area contributed by atoms with Gasteiger partial charge in [-0.2, -0.15) is 13.2 Å². The molecule has 0 saturated carbocycles. The van der Waals surface area contributed by atoms with Crippen LogP contribution in [0.3, 0.4) is 0 Å². The first-order valence-electron chi connectivity index (χ1n) is 6.03. The SMILES string of the molecule is O=C(O)CN(C(=O)NCCC(F)(F)F)C1CCS(=O)(=O)C1. The van der Waals surface area contributed by atoms with Gasteiger partial charge in [0.15, 0.2) is 9.84 Å². The molecule has 7 nitrogen and oxygen atoms in total. The maximum Gasteiger partial charge on any atom is 0.390 e. The Morgan fingerprint density at radius 3 is 2.38 bits per heavy atom. The Hall–Kier alpha value is -1.52. The van der Waals surface area contributed by atoms with Crippen molar-refractivity contribution in [2.24, 2.45) is 0 Å². The summed E-state index contributed by atoms with van der Waals surface area (Å²) >= 11 is 0. The average Bonchev–Trinajstić information content (AvgIpc) is 2.64. The molecule has 1 rings (SSSR count). The Morgan fingerprint density at radius 1 is 1.33 bits per heavy atom. The topological polar surface area (TPSA) is 104 Å². The zero-order valence-electron chi connectivity index (χ0n) is 10.9. The molecule has 0 aromatic heterocycles. The van der Waals surface area contributed by atoms with E-state index in [1.165, 1.54) is 0 Å². The van der Waals surface area contributed by atoms with E-state index in [0.29, 0.717) is 0 Å². The van der Waals surface area contributed by atoms with Gasteiger partial charge in [-0.1, -0.05) is 0 Å². The fourth-order valence-corrected chi connectivity index (χ4v) is 3.68. The Kier molecular flexibility index (Phi) is 5.42. The van der Waals surface area contributed by atoms with Crippen LogP contribution in [0.4, 0.5) is 18.0 Å². The molecule has 0 aromatic carbocycles. The standard InChI is InChI=1S/C10H15F3N2O5S/c11-10(12,13)2-3-14-9(18)15(5-8(16)17)7-1-4-21(19,20)6-7/h7H,1-6H2,(H,14,18)(H,16,17). The van der Waals surface area contributed by atoms with Crippen LogP contribution < -0.4 is 5.32 Å². The Morgan fingerprint density at radius 2 is 1.95 bits per heavy atom. The second-order valence-electron chi connectivity index (χ2n) is 4.68. The lowest BCUT2D eigenvalue weighted by molar-refractivity contribution is -0.138. The van der Waals surface area contributed by atoms with Crippen LogP contribution in [-0.2, 0) is 14.6 Å². The first-order valence-corrected chi connectivity index (χ1v) is 7.86. The van der Waals surface area contributed by atoms with E-state index in [0.717, 1.165) is 4.90 Å². The summed E-state index contributed by atoms with van der Waals surface area (Å²) in [5, 5.41) is 10.7. The molecule has 11 heteroatoms. The molecule has 1 aliphatic heterocycles. The van der Waals surface area contributed by atoms with Gasteiger partial charge < -0.3 is 15.3 Å². The van der Waals surface area contributed by atoms with E-state index in [4.69, 9.17) is 5.11 Å². The van der Waals surface area contributed by atoms with Crippen molar-refractivity contribution in [2.45, 2.75) is 25.1 Å². The third-order valence-corrected chi connectivity index (χ3v) is 4.65. The van der Waals surface area contributed by atoms with E-state index in [-0.39, 0.29) is 17.9 Å². The Labute approximate surface area is 119 Å². The quantitative estimate of drug-likeness (QED) is 0.750. The van der Waals surface area contributed by atoms with Crippen molar-refractivity contribution in [3.63, 3.8) is 0 Å². The van der Waals surface area contributed by atoms with Gasteiger partial charge >= 0.3 is 18.2 Å². The van der Waals surface area contributed by atoms with Crippen LogP contribution in [0.5, 0.6) is 0 Å². The Bertz CT molecular complexity index is 505. The number of halogens is 3. The smallest absolute Gasteiger partial charge is 0.390 e. The summed E-state index contributed by atoms with van der Waals surface area (Å²) in [5.41, 5.74) is 0. The number of aliphatic carboxylic acids is 1. The summed E-state index contributed by atoms with van der Waals surface area (Å²) in [6.45, 7) is -1.46. The Balaban J connectivity index is 2.65. The normalized spacial score (nSPS) is 21.0. The summed E-state index contributed by atoms with van der Waals surface area (Å²) < 4.78 is 58.6. The van der Waals surface area contributed by atoms with Gasteiger partial charge in [0.05, 0.1) is 17.9 Å². The minimum atomic E-state index is -4.44. The highest BCUT2D eigenvalue weighted by Gasteiger charge is 2.36. The van der Waals surface area contributed by atoms with Crippen molar-refractivity contribution in [1.29, 1.82) is 0 Å². The molecule has 0 aliphatic carbocycles. The minimum absolute atomic E-state index is 0.0717. The number of urea groups is 1. The summed E-state index contributed by atoms with van der Waals surface area (Å²) in [6, 6.07) is -1.85. The number of carboxylic acids is 1. The van der Waals surface area contributed by atoms with Gasteiger partial charge in [-0.05, 0) is 6.42 Å². The van der Waals surface area contributed by atoms with Gasteiger partial charge in [0, 0.05) is 12.6 Å². The molecular formula is C10H15F3N2O5S. The molecule has 0 spiro atoms. The van der Waals surface area contributed by atoms with E-state index in [9.17, 15) is 31.2 Å². The van der Waals surface area contributed by atoms with Crippen molar-refractivity contribution < 1.29 is 36.3 Å². The van der Waals surface area contributed by atoms with Crippen LogP contribution in [0, 0.1) is 0 Å². The maximum atomic E-state index is 12.0. The largest absolute Gasteiger partial charge is 0.480 e. The first-order chi connectivity index (χ1) is 9.50. The lowest BCUT2D eigenvalue weighted by Gasteiger charge is -2.26. The number of nitrogens with one attached hydrogen (secondary N) is 1. The molecule has 2 N–H and O–H groups in total. The molecule has 1 unspecified atom stereocenters. The molecule has 0 bridgehead atoms. The highest BCUT2D eigenvalue weighted by Crippen LogP contribution is 2.19. The lowest BCUT2D eigenvalue weighted by Crippen LogP contribution is -2.49. The maximum absolute atomic E-state index is 12.0. The van der Waals surface area contributed by atoms with E-state index >= 15 is 0 Å². The predicted octanol–water partition coefficient (Wildman–Crippen LogP) is 0.222. The van der Waals surface area contributed by atoms with Crippen LogP contribution in [-0.4, -0.2) is 67.2 Å². The van der Waals surface area contributed by atoms with Gasteiger partial charge in [-0.25, -0.2) is 13.2 Å². The minimum Gasteiger partial charge on any atom is -0.480 e. The monoisotopic (exact) mass is 332 g/mol. The molecule has 0 radical (unpaired) electrons. The number of carbonyl (C=O) groups is 2. The number of carbonyl (C=O) groups excluding carboxylic acids is 1. The summed E-state index contributed by atoms with van der Waals surface area (Å²) in [4.78, 5) is 23.2. The van der Waals surface area contributed by atoms with Gasteiger partial charge in [0.25, 0.3) is 0 Å². The van der Waals surface area contributed by atoms with Crippen molar-refractivity contribution in [2.75, 3.05) is 24.6 Å². The molecule has 1 fully saturated rings. The zero-order valence-corrected chi connectivity index (χ0v) is 11.7. The molecule has 1 aliphatic rings. The van der Waals surface area contributed by atoms with E-state index in [2.05, 4.69) is 0 Å². The summed E-state index contributed by atoms with van der Waals surface area (Å²) in [7, 11) is -3.35. The van der Waals surface area contributed by atoms with Crippen LogP contribution >= 0.6 is 0 Å². The fraction of sp³-hybridized carbons (Fsp3) is 0.800. The number of nitrogens with zero attached hydrogens (tertiary/aromatic N) is 1. The second-order valence-corrected chi connectivity index (χ2v) is 6.90. The predicted molar refractivity (Wildman–Crippen MR) is 65.5 cm³/mol. The second kappa shape index (κ2) is 6.50. The molecule has 2 amide bonds. The van der Waals surface area contributed by atoms with Crippen LogP contribution in [0.2, 0.25) is 0 Å². The van der Waals surface area contributed by atoms with Gasteiger partial charge in [0.1, 0.15) is 6.54 Å². The molecule has 1 atom stereocenters. The lowest BCUT2D eigenvalue weighted by atomic mass is 10.2. The van der Waals surface area contributed by atoms with Crippen molar-refractivity contribution in [1.82, 2.24) is 10.2 Å². The van der Waals surface area contributed by atoms with E-state index < -0.39 is 53.6 Å². The number of carboxylic acid groups (broad SMARTS) is 1. The summed E-state index contributed by atoms with van der Waals surface area (Å²) in [6.07, 6.45) is -5.62. The third kappa shape index (κ3) is 6.19. The highest BCUT2D eigenvalue weighted by atomic mass is 32.2. The molecule has 1 heterocycles. The number of hydrogen-bond acceptors (Lipinski definition) is 4. The third-order valence-electron chi connectivity index (χ3n) is 2.90. The van der Waals surface area contributed by atoms with Gasteiger partial charge in [-0.15, -0.1) is 0 Å². The van der Waals surface area contributed by atoms with Crippen molar-refractivity contribution in [3.05, 3.63) is 0 Å². The van der Waals surface area contributed by atoms with Crippen LogP contribution in [0.25, 0.3) is 0 Å². The number of sulfone groups is 1. The molecule has 1 saturated heterocycles. The summed E-state index contributed by atoms with van der Waals surface area (Å²) in [5.74, 6) is -1.93. The van der Waals surface area contributed by atoms with Crippen molar-refractivity contribution in [3.8, 4) is 0 Å². The average molecular weight is 332 g/mol. The number of rotatable bonds is 5. The molecular weight excluding hydrogens is 317 g/mol. The van der Waals surface area contributed by atoms with Gasteiger partial charge in [0.2, 0.25) is 0 Å². The number of hydrogen-bond donors (Lipinski definition) is 2. The fourth-order valence-electron chi connectivity index (χ4n) is 1.95. The number of amides is 2. The molecule has 122 valence electrons. The molecule has 0 aromatic rings. The zero-order chi connectivity index (χ0) is 16.3. The molecule has 21 heavy (non-hydrogen) atoms. The van der Waals surface area contributed by atoms with Crippen LogP contribution in [0.15, 0.2) is 0 Å². The highest BCUT2D eigenvalue weighted by molar-refractivity contribution is 7.91. The van der Waals surface area contributed by atoms with Crippen LogP contribution in [0.1, 0.15) is 12.8 Å². The van der Waals surface area contributed by atoms with Gasteiger partial charge in [-0.3, -0.25) is 4.79 Å². The van der Waals surface area contributed by atoms with E-state index in [1.807, 2.05) is 5.32 Å². The first kappa shape index (κ1) is 17.5. The van der Waals surface area contributed by atoms with E-state index in [1.54, 1.807) is 0 Å².